The highest BCUT2D eigenvalue weighted by atomic mass is 16.5. The summed E-state index contributed by atoms with van der Waals surface area (Å²) in [6.45, 7) is 11.7. The molecule has 0 bridgehead atoms. The maximum atomic E-state index is 12.0. The molecule has 0 unspecified atom stereocenters. The summed E-state index contributed by atoms with van der Waals surface area (Å²) in [5, 5.41) is 11.3. The third-order valence-electron chi connectivity index (χ3n) is 11.8. The Labute approximate surface area is 403 Å². The predicted molar refractivity (Wildman–Crippen MR) is 272 cm³/mol. The number of amides is 4. The van der Waals surface area contributed by atoms with E-state index in [0.717, 1.165) is 65.2 Å². The third-order valence-corrected chi connectivity index (χ3v) is 11.8. The highest BCUT2D eigenvalue weighted by molar-refractivity contribution is 5.77. The van der Waals surface area contributed by atoms with Crippen molar-refractivity contribution in [2.24, 2.45) is 22.9 Å². The maximum Gasteiger partial charge on any atom is 0.221 e. The molecule has 0 aromatic carbocycles. The van der Waals surface area contributed by atoms with Crippen molar-refractivity contribution in [3.63, 3.8) is 0 Å². The third kappa shape index (κ3) is 48.0. The molecule has 0 radical (unpaired) electrons. The zero-order valence-electron chi connectivity index (χ0n) is 42.2. The topological polar surface area (TPSA) is 245 Å². The summed E-state index contributed by atoms with van der Waals surface area (Å²) in [5.74, 6) is 0.0426. The molecule has 0 atom stereocenters. The van der Waals surface area contributed by atoms with Crippen LogP contribution < -0.4 is 44.2 Å². The van der Waals surface area contributed by atoms with E-state index in [2.05, 4.69) is 31.1 Å². The quantitative estimate of drug-likeness (QED) is 0.0382. The Bertz CT molecular complexity index is 965. The normalized spacial score (nSPS) is 11.4. The Balaban J connectivity index is 3.58. The summed E-state index contributed by atoms with van der Waals surface area (Å²) < 4.78 is 11.8. The van der Waals surface area contributed by atoms with E-state index < -0.39 is 0 Å². The number of rotatable bonds is 53. The molecule has 0 aliphatic rings. The van der Waals surface area contributed by atoms with Crippen molar-refractivity contribution in [3.05, 3.63) is 0 Å². The van der Waals surface area contributed by atoms with E-state index >= 15 is 0 Å². The molecule has 0 fully saturated rings. The van der Waals surface area contributed by atoms with Crippen molar-refractivity contribution in [2.45, 2.75) is 180 Å². The Morgan fingerprint density at radius 1 is 0.288 bits per heavy atom. The minimum atomic E-state index is 0.0106. The molecule has 16 nitrogen and oxygen atoms in total. The molecule has 4 amide bonds. The molecular weight excluding hydrogens is 837 g/mol. The van der Waals surface area contributed by atoms with Crippen molar-refractivity contribution in [3.8, 4) is 0 Å². The van der Waals surface area contributed by atoms with Gasteiger partial charge in [-0.05, 0) is 51.6 Å². The van der Waals surface area contributed by atoms with Gasteiger partial charge in [0.1, 0.15) is 0 Å². The maximum absolute atomic E-state index is 12.0. The minimum absolute atomic E-state index is 0.0106. The van der Waals surface area contributed by atoms with Crippen molar-refractivity contribution >= 4 is 23.6 Å². The average Bonchev–Trinajstić information content (AvgIpc) is 3.32. The van der Waals surface area contributed by atoms with Crippen molar-refractivity contribution in [1.29, 1.82) is 0 Å². The first-order valence-corrected chi connectivity index (χ1v) is 26.8. The summed E-state index contributed by atoms with van der Waals surface area (Å²) >= 11 is 0. The van der Waals surface area contributed by atoms with Gasteiger partial charge in [0.2, 0.25) is 23.6 Å². The first kappa shape index (κ1) is 63.6. The Morgan fingerprint density at radius 3 is 0.697 bits per heavy atom. The van der Waals surface area contributed by atoms with E-state index in [-0.39, 0.29) is 23.6 Å². The lowest BCUT2D eigenvalue weighted by atomic mass is 10.1. The molecule has 0 aromatic heterocycles. The molecule has 390 valence electrons. The Morgan fingerprint density at radius 2 is 0.485 bits per heavy atom. The summed E-state index contributed by atoms with van der Waals surface area (Å²) in [6.07, 6.45) is 31.2. The number of ether oxygens (including phenoxy) is 2. The lowest BCUT2D eigenvalue weighted by molar-refractivity contribution is -0.123. The van der Waals surface area contributed by atoms with Gasteiger partial charge in [0.15, 0.2) is 0 Å². The number of nitrogens with zero attached hydrogens (tertiary/aromatic N) is 2. The second-order valence-electron chi connectivity index (χ2n) is 17.9. The van der Waals surface area contributed by atoms with Gasteiger partial charge < -0.3 is 63.5 Å². The summed E-state index contributed by atoms with van der Waals surface area (Å²) in [4.78, 5) is 52.6. The van der Waals surface area contributed by atoms with Crippen molar-refractivity contribution in [2.75, 3.05) is 118 Å². The summed E-state index contributed by atoms with van der Waals surface area (Å²) in [5.41, 5.74) is 21.9. The molecule has 0 spiro atoms. The molecule has 0 saturated heterocycles. The van der Waals surface area contributed by atoms with Crippen LogP contribution in [0.1, 0.15) is 180 Å². The van der Waals surface area contributed by atoms with Gasteiger partial charge in [-0.15, -0.1) is 0 Å². The Kier molecular flexibility index (Phi) is 50.0. The molecule has 12 N–H and O–H groups in total. The molecule has 0 rings (SSSR count). The number of carbonyl (C=O) groups excluding carboxylic acids is 4. The number of nitrogens with two attached hydrogens (primary N) is 4. The SMILES string of the molecule is NCCNC(=O)CCN(CCCCCCCCCCOCCCCCCCCCCOCCCCCCCCCCN(CCC(=O)NCCN)CCC(=O)NCCN)CCC(=O)NCCN. The van der Waals surface area contributed by atoms with Crippen LogP contribution in [0.4, 0.5) is 0 Å². The van der Waals surface area contributed by atoms with Gasteiger partial charge in [0.25, 0.3) is 0 Å². The zero-order chi connectivity index (χ0) is 48.2. The van der Waals surface area contributed by atoms with E-state index in [0.29, 0.717) is 104 Å². The molecule has 0 aromatic rings. The lowest BCUT2D eigenvalue weighted by Crippen LogP contribution is -2.36. The fourth-order valence-electron chi connectivity index (χ4n) is 7.78. The molecule has 0 saturated carbocycles. The Hall–Kier alpha value is -2.44. The standard InChI is InChI=1S/C50H104N10O6/c51-29-33-55-47(61)25-39-59(40-26-48(62)56-34-30-52)37-19-13-7-1-3-9-15-21-43-65-45-23-17-11-5-6-12-18-24-46-66-44-22-16-10-4-2-8-14-20-38-60(41-27-49(63)57-35-31-53)42-28-50(64)58-36-32-54/h1-46,51-54H2,(H,55,61)(H,56,62)(H,57,63)(H,58,64). The van der Waals surface area contributed by atoms with Crippen molar-refractivity contribution in [1.82, 2.24) is 31.1 Å². The van der Waals surface area contributed by atoms with E-state index in [9.17, 15) is 19.2 Å². The number of unbranched alkanes of at least 4 members (excludes halogenated alkanes) is 21. The minimum Gasteiger partial charge on any atom is -0.381 e. The molecular formula is C50H104N10O6. The number of hydrogen-bond acceptors (Lipinski definition) is 12. The fourth-order valence-corrected chi connectivity index (χ4v) is 7.78. The van der Waals surface area contributed by atoms with Gasteiger partial charge in [-0.2, -0.15) is 0 Å². The summed E-state index contributed by atoms with van der Waals surface area (Å²) in [7, 11) is 0. The molecule has 0 aliphatic heterocycles. The van der Waals surface area contributed by atoms with Crippen LogP contribution in [0.2, 0.25) is 0 Å². The van der Waals surface area contributed by atoms with Gasteiger partial charge in [0.05, 0.1) is 0 Å². The van der Waals surface area contributed by atoms with Crippen LogP contribution in [-0.2, 0) is 28.7 Å². The van der Waals surface area contributed by atoms with E-state index in [1.165, 1.54) is 128 Å². The molecule has 0 aliphatic carbocycles. The highest BCUT2D eigenvalue weighted by Gasteiger charge is 2.12. The largest absolute Gasteiger partial charge is 0.381 e. The van der Waals surface area contributed by atoms with E-state index in [1.54, 1.807) is 0 Å². The van der Waals surface area contributed by atoms with Crippen molar-refractivity contribution < 1.29 is 28.7 Å². The molecule has 0 heterocycles. The smallest absolute Gasteiger partial charge is 0.221 e. The predicted octanol–water partition coefficient (Wildman–Crippen LogP) is 4.85. The van der Waals surface area contributed by atoms with E-state index in [4.69, 9.17) is 32.4 Å². The first-order chi connectivity index (χ1) is 32.4. The van der Waals surface area contributed by atoms with Crippen LogP contribution in [0.25, 0.3) is 0 Å². The fraction of sp³-hybridized carbons (Fsp3) is 0.920. The second-order valence-corrected chi connectivity index (χ2v) is 17.9. The van der Waals surface area contributed by atoms with Gasteiger partial charge in [-0.1, -0.05) is 116 Å². The van der Waals surface area contributed by atoms with Crippen LogP contribution in [0.3, 0.4) is 0 Å². The van der Waals surface area contributed by atoms with Crippen LogP contribution in [-0.4, -0.2) is 151 Å². The highest BCUT2D eigenvalue weighted by Crippen LogP contribution is 2.13. The average molecular weight is 941 g/mol. The molecule has 16 heteroatoms. The first-order valence-electron chi connectivity index (χ1n) is 26.8. The van der Waals surface area contributed by atoms with Gasteiger partial charge in [-0.3, -0.25) is 19.2 Å². The van der Waals surface area contributed by atoms with E-state index in [1.807, 2.05) is 0 Å². The number of nitrogens with one attached hydrogen (secondary N) is 4. The molecule has 66 heavy (non-hydrogen) atoms. The van der Waals surface area contributed by atoms with Gasteiger partial charge in [-0.25, -0.2) is 0 Å². The van der Waals surface area contributed by atoms with Gasteiger partial charge in [0, 0.05) is 131 Å². The second kappa shape index (κ2) is 51.9. The number of carbonyl (C=O) groups is 4. The zero-order valence-corrected chi connectivity index (χ0v) is 42.2. The van der Waals surface area contributed by atoms with Crippen LogP contribution in [0.5, 0.6) is 0 Å². The summed E-state index contributed by atoms with van der Waals surface area (Å²) in [6, 6.07) is 0. The van der Waals surface area contributed by atoms with Crippen LogP contribution in [0, 0.1) is 0 Å². The van der Waals surface area contributed by atoms with Crippen LogP contribution in [0.15, 0.2) is 0 Å². The number of hydrogen-bond donors (Lipinski definition) is 8. The monoisotopic (exact) mass is 941 g/mol. The lowest BCUT2D eigenvalue weighted by Gasteiger charge is -2.22. The van der Waals surface area contributed by atoms with Gasteiger partial charge >= 0.3 is 0 Å². The van der Waals surface area contributed by atoms with Crippen LogP contribution >= 0.6 is 0 Å².